The van der Waals surface area contributed by atoms with Crippen molar-refractivity contribution in [2.75, 3.05) is 12.3 Å². The van der Waals surface area contributed by atoms with E-state index in [2.05, 4.69) is 5.32 Å². The molecule has 0 fully saturated rings. The largest absolute Gasteiger partial charge is 0.370 e. The maximum atomic E-state index is 11.3. The Hall–Kier alpha value is -1.04. The van der Waals surface area contributed by atoms with Crippen molar-refractivity contribution in [3.05, 3.63) is 0 Å². The summed E-state index contributed by atoms with van der Waals surface area (Å²) in [5.74, 6) is -0.466. The number of carbonyl (C=O) groups excluding carboxylic acids is 3. The second kappa shape index (κ2) is 9.21. The molecule has 0 rings (SSSR count). The van der Waals surface area contributed by atoms with Crippen LogP contribution in [0.2, 0.25) is 0 Å². The first-order valence-corrected chi connectivity index (χ1v) is 6.27. The molecular formula is C10H18N2O3S. The zero-order valence-electron chi connectivity index (χ0n) is 9.40. The number of unbranched alkanes of at least 4 members (excludes halogenated alkanes) is 1. The summed E-state index contributed by atoms with van der Waals surface area (Å²) in [7, 11) is 0. The Morgan fingerprint density at radius 1 is 1.50 bits per heavy atom. The number of primary amides is 1. The number of amides is 2. The quantitative estimate of drug-likeness (QED) is 0.445. The predicted octanol–water partition coefficient (Wildman–Crippen LogP) is 0.0788. The number of thioether (sulfide) groups is 1. The van der Waals surface area contributed by atoms with Crippen LogP contribution in [-0.4, -0.2) is 35.6 Å². The molecule has 2 amide bonds. The molecule has 3 N–H and O–H groups in total. The molecule has 0 heterocycles. The van der Waals surface area contributed by atoms with Gasteiger partial charge in [0.1, 0.15) is 6.29 Å². The minimum absolute atomic E-state index is 0.0175. The van der Waals surface area contributed by atoms with Gasteiger partial charge in [-0.2, -0.15) is 0 Å². The third-order valence-corrected chi connectivity index (χ3v) is 2.97. The highest BCUT2D eigenvalue weighted by Crippen LogP contribution is 2.11. The summed E-state index contributed by atoms with van der Waals surface area (Å²) in [6.07, 6.45) is 2.59. The van der Waals surface area contributed by atoms with Crippen LogP contribution in [0.25, 0.3) is 0 Å². The SMILES string of the molecule is CCCCNC(=O)CSC(C=O)CC(N)=O. The van der Waals surface area contributed by atoms with Gasteiger partial charge in [-0.1, -0.05) is 13.3 Å². The zero-order valence-corrected chi connectivity index (χ0v) is 10.2. The smallest absolute Gasteiger partial charge is 0.230 e. The number of nitrogens with one attached hydrogen (secondary N) is 1. The first-order chi connectivity index (χ1) is 7.60. The molecule has 0 aliphatic carbocycles. The van der Waals surface area contributed by atoms with Crippen molar-refractivity contribution >= 4 is 29.9 Å². The fourth-order valence-electron chi connectivity index (χ4n) is 0.983. The van der Waals surface area contributed by atoms with Crippen LogP contribution in [0.4, 0.5) is 0 Å². The molecule has 1 atom stereocenters. The highest BCUT2D eigenvalue weighted by molar-refractivity contribution is 8.01. The third kappa shape index (κ3) is 8.28. The van der Waals surface area contributed by atoms with Crippen LogP contribution in [0.1, 0.15) is 26.2 Å². The molecule has 0 aliphatic heterocycles. The Labute approximate surface area is 99.5 Å². The van der Waals surface area contributed by atoms with Crippen LogP contribution in [-0.2, 0) is 14.4 Å². The van der Waals surface area contributed by atoms with Crippen LogP contribution in [0.5, 0.6) is 0 Å². The molecule has 92 valence electrons. The number of aldehydes is 1. The fraction of sp³-hybridized carbons (Fsp3) is 0.700. The molecule has 0 spiro atoms. The van der Waals surface area contributed by atoms with E-state index < -0.39 is 11.2 Å². The lowest BCUT2D eigenvalue weighted by molar-refractivity contribution is -0.120. The number of hydrogen-bond donors (Lipinski definition) is 2. The first-order valence-electron chi connectivity index (χ1n) is 5.22. The lowest BCUT2D eigenvalue weighted by Crippen LogP contribution is -2.28. The minimum Gasteiger partial charge on any atom is -0.370 e. The van der Waals surface area contributed by atoms with Crippen molar-refractivity contribution in [1.29, 1.82) is 0 Å². The number of hydrogen-bond acceptors (Lipinski definition) is 4. The van der Waals surface area contributed by atoms with E-state index in [1.165, 1.54) is 0 Å². The molecule has 0 saturated carbocycles. The molecule has 5 nitrogen and oxygen atoms in total. The van der Waals surface area contributed by atoms with Gasteiger partial charge in [0.25, 0.3) is 0 Å². The van der Waals surface area contributed by atoms with Gasteiger partial charge in [-0.05, 0) is 6.42 Å². The van der Waals surface area contributed by atoms with Crippen LogP contribution >= 0.6 is 11.8 Å². The summed E-state index contributed by atoms with van der Waals surface area (Å²) in [5.41, 5.74) is 4.96. The van der Waals surface area contributed by atoms with Gasteiger partial charge < -0.3 is 15.8 Å². The van der Waals surface area contributed by atoms with Gasteiger partial charge in [0.2, 0.25) is 11.8 Å². The Kier molecular flexibility index (Phi) is 8.61. The molecule has 16 heavy (non-hydrogen) atoms. The van der Waals surface area contributed by atoms with Gasteiger partial charge in [-0.25, -0.2) is 0 Å². The highest BCUT2D eigenvalue weighted by atomic mass is 32.2. The summed E-state index contributed by atoms with van der Waals surface area (Å²) in [6, 6.07) is 0. The normalized spacial score (nSPS) is 11.8. The van der Waals surface area contributed by atoms with Gasteiger partial charge in [-0.3, -0.25) is 9.59 Å². The van der Waals surface area contributed by atoms with Gasteiger partial charge in [-0.15, -0.1) is 11.8 Å². The first kappa shape index (κ1) is 15.0. The van der Waals surface area contributed by atoms with E-state index in [9.17, 15) is 14.4 Å². The van der Waals surface area contributed by atoms with Crippen molar-refractivity contribution in [1.82, 2.24) is 5.32 Å². The van der Waals surface area contributed by atoms with Crippen molar-refractivity contribution < 1.29 is 14.4 Å². The number of rotatable bonds is 9. The molecule has 0 bridgehead atoms. The maximum absolute atomic E-state index is 11.3. The van der Waals surface area contributed by atoms with Crippen LogP contribution in [0, 0.1) is 0 Å². The van der Waals surface area contributed by atoms with Crippen molar-refractivity contribution in [3.8, 4) is 0 Å². The van der Waals surface area contributed by atoms with Crippen LogP contribution in [0.3, 0.4) is 0 Å². The van der Waals surface area contributed by atoms with E-state index in [4.69, 9.17) is 5.73 Å². The third-order valence-electron chi connectivity index (χ3n) is 1.84. The fourth-order valence-corrected chi connectivity index (χ4v) is 1.81. The van der Waals surface area contributed by atoms with E-state index in [-0.39, 0.29) is 18.1 Å². The van der Waals surface area contributed by atoms with Crippen LogP contribution in [0.15, 0.2) is 0 Å². The zero-order chi connectivity index (χ0) is 12.4. The van der Waals surface area contributed by atoms with Gasteiger partial charge in [0, 0.05) is 13.0 Å². The summed E-state index contributed by atoms with van der Waals surface area (Å²) in [4.78, 5) is 32.4. The van der Waals surface area contributed by atoms with Gasteiger partial charge in [0.15, 0.2) is 0 Å². The van der Waals surface area contributed by atoms with E-state index in [0.717, 1.165) is 24.6 Å². The second-order valence-corrected chi connectivity index (χ2v) is 4.59. The average Bonchev–Trinajstić information content (AvgIpc) is 2.24. The molecule has 0 radical (unpaired) electrons. The molecule has 6 heteroatoms. The van der Waals surface area contributed by atoms with Crippen molar-refractivity contribution in [2.24, 2.45) is 5.73 Å². The van der Waals surface area contributed by atoms with Gasteiger partial charge in [0.05, 0.1) is 11.0 Å². The molecule has 1 unspecified atom stereocenters. The average molecular weight is 246 g/mol. The second-order valence-electron chi connectivity index (χ2n) is 3.36. The molecule has 0 aromatic rings. The molecule has 0 aliphatic rings. The molecule has 0 saturated heterocycles. The van der Waals surface area contributed by atoms with Crippen LogP contribution < -0.4 is 11.1 Å². The van der Waals surface area contributed by atoms with Crippen molar-refractivity contribution in [3.63, 3.8) is 0 Å². The molecular weight excluding hydrogens is 228 g/mol. The van der Waals surface area contributed by atoms with Gasteiger partial charge >= 0.3 is 0 Å². The Balaban J connectivity index is 3.70. The summed E-state index contributed by atoms with van der Waals surface area (Å²) >= 11 is 1.14. The standard InChI is InChI=1S/C10H18N2O3S/c1-2-3-4-12-10(15)7-16-8(6-13)5-9(11)14/h6,8H,2-5,7H2,1H3,(H2,11,14)(H,12,15). The lowest BCUT2D eigenvalue weighted by atomic mass is 10.3. The molecule has 0 aromatic heterocycles. The summed E-state index contributed by atoms with van der Waals surface area (Å²) < 4.78 is 0. The number of nitrogens with two attached hydrogens (primary N) is 1. The lowest BCUT2D eigenvalue weighted by Gasteiger charge is -2.08. The Bertz CT molecular complexity index is 246. The van der Waals surface area contributed by atoms with E-state index in [0.29, 0.717) is 12.8 Å². The van der Waals surface area contributed by atoms with Crippen molar-refractivity contribution in [2.45, 2.75) is 31.4 Å². The highest BCUT2D eigenvalue weighted by Gasteiger charge is 2.13. The van der Waals surface area contributed by atoms with E-state index in [1.54, 1.807) is 0 Å². The minimum atomic E-state index is -0.531. The monoisotopic (exact) mass is 246 g/mol. The Morgan fingerprint density at radius 2 is 2.19 bits per heavy atom. The maximum Gasteiger partial charge on any atom is 0.230 e. The topological polar surface area (TPSA) is 89.3 Å². The summed E-state index contributed by atoms with van der Waals surface area (Å²) in [6.45, 7) is 2.69. The Morgan fingerprint density at radius 3 is 2.69 bits per heavy atom. The summed E-state index contributed by atoms with van der Waals surface area (Å²) in [5, 5.41) is 2.21. The number of carbonyl (C=O) groups is 3. The predicted molar refractivity (Wildman–Crippen MR) is 64.0 cm³/mol. The van der Waals surface area contributed by atoms with E-state index >= 15 is 0 Å². The molecule has 0 aromatic carbocycles. The van der Waals surface area contributed by atoms with E-state index in [1.807, 2.05) is 6.92 Å².